The number of rotatable bonds is 1. The summed E-state index contributed by atoms with van der Waals surface area (Å²) in [5.74, 6) is 0.00231. The fraction of sp³-hybridized carbons (Fsp3) is 0. The van der Waals surface area contributed by atoms with Crippen molar-refractivity contribution in [1.82, 2.24) is 5.16 Å². The van der Waals surface area contributed by atoms with Crippen LogP contribution in [-0.2, 0) is 0 Å². The van der Waals surface area contributed by atoms with Gasteiger partial charge in [0.2, 0.25) is 0 Å². The number of carbonyl (C=O) groups is 1. The first-order chi connectivity index (χ1) is 4.29. The minimum atomic E-state index is -0.910. The summed E-state index contributed by atoms with van der Waals surface area (Å²) in [5, 5.41) is 3.27. The molecular weight excluding hydrogens is 124 g/mol. The summed E-state index contributed by atoms with van der Waals surface area (Å²) in [6.45, 7) is 0. The number of hydrogen-bond donors (Lipinski definition) is 1. The lowest BCUT2D eigenvalue weighted by atomic mass is 10.7. The summed E-state index contributed by atoms with van der Waals surface area (Å²) in [5.41, 5.74) is 4.63. The molecule has 1 aromatic rings. The molecule has 0 bridgehead atoms. The summed E-state index contributed by atoms with van der Waals surface area (Å²) in [7, 11) is 0. The third-order valence-corrected chi connectivity index (χ3v) is 0.615. The first-order valence-electron chi connectivity index (χ1n) is 2.17. The number of hydrogen-bond acceptors (Lipinski definition) is 4. The van der Waals surface area contributed by atoms with E-state index in [9.17, 15) is 4.79 Å². The van der Waals surface area contributed by atoms with Gasteiger partial charge in [-0.15, -0.1) is 0 Å². The van der Waals surface area contributed by atoms with Crippen LogP contribution < -0.4 is 10.5 Å². The third-order valence-electron chi connectivity index (χ3n) is 0.615. The van der Waals surface area contributed by atoms with Crippen molar-refractivity contribution in [3.63, 3.8) is 0 Å². The van der Waals surface area contributed by atoms with Crippen LogP contribution in [0.15, 0.2) is 16.8 Å². The molecule has 0 aromatic carbocycles. The first kappa shape index (κ1) is 5.61. The Hall–Kier alpha value is -1.52. The van der Waals surface area contributed by atoms with Gasteiger partial charge in [-0.2, -0.15) is 0 Å². The van der Waals surface area contributed by atoms with Crippen molar-refractivity contribution in [1.29, 1.82) is 0 Å². The molecule has 1 rings (SSSR count). The van der Waals surface area contributed by atoms with Crippen molar-refractivity contribution in [2.75, 3.05) is 0 Å². The zero-order valence-corrected chi connectivity index (χ0v) is 4.40. The molecule has 0 spiro atoms. The lowest BCUT2D eigenvalue weighted by Gasteiger charge is -1.88. The van der Waals surface area contributed by atoms with Crippen molar-refractivity contribution in [2.24, 2.45) is 5.73 Å². The van der Waals surface area contributed by atoms with E-state index < -0.39 is 6.09 Å². The van der Waals surface area contributed by atoms with Gasteiger partial charge in [0, 0.05) is 6.07 Å². The number of ether oxygens (including phenoxy) is 1. The van der Waals surface area contributed by atoms with Crippen LogP contribution in [0.5, 0.6) is 5.95 Å². The number of nitrogens with two attached hydrogens (primary N) is 1. The van der Waals surface area contributed by atoms with Crippen LogP contribution in [0.2, 0.25) is 0 Å². The van der Waals surface area contributed by atoms with E-state index >= 15 is 0 Å². The molecule has 0 fully saturated rings. The number of primary amides is 1. The van der Waals surface area contributed by atoms with E-state index in [1.165, 1.54) is 12.3 Å². The largest absolute Gasteiger partial charge is 0.412 e. The van der Waals surface area contributed by atoms with Crippen LogP contribution in [0, 0.1) is 0 Å². The SMILES string of the molecule is NC(=O)Oc1ccno1. The highest BCUT2D eigenvalue weighted by atomic mass is 16.7. The Kier molecular flexibility index (Phi) is 1.35. The van der Waals surface area contributed by atoms with E-state index in [0.717, 1.165) is 0 Å². The zero-order chi connectivity index (χ0) is 6.69. The Balaban J connectivity index is 2.58. The van der Waals surface area contributed by atoms with Crippen LogP contribution in [-0.4, -0.2) is 11.2 Å². The molecule has 0 saturated carbocycles. The van der Waals surface area contributed by atoms with Gasteiger partial charge in [-0.25, -0.2) is 4.79 Å². The van der Waals surface area contributed by atoms with Crippen molar-refractivity contribution in [3.05, 3.63) is 12.3 Å². The first-order valence-corrected chi connectivity index (χ1v) is 2.17. The fourth-order valence-corrected chi connectivity index (χ4v) is 0.356. The van der Waals surface area contributed by atoms with Gasteiger partial charge in [-0.05, 0) is 0 Å². The van der Waals surface area contributed by atoms with Crippen LogP contribution in [0.4, 0.5) is 4.79 Å². The molecular formula is C4H4N2O3. The molecule has 0 radical (unpaired) electrons. The van der Waals surface area contributed by atoms with Gasteiger partial charge in [0.05, 0.1) is 6.20 Å². The minimum Gasteiger partial charge on any atom is -0.374 e. The standard InChI is InChI=1S/C4H4N2O3/c5-4(7)8-3-1-2-6-9-3/h1-2H,(H2,5,7). The van der Waals surface area contributed by atoms with E-state index in [1.54, 1.807) is 0 Å². The van der Waals surface area contributed by atoms with Gasteiger partial charge in [0.25, 0.3) is 0 Å². The number of amides is 1. The van der Waals surface area contributed by atoms with Gasteiger partial charge in [-0.3, -0.25) is 0 Å². The molecule has 0 unspecified atom stereocenters. The van der Waals surface area contributed by atoms with E-state index in [-0.39, 0.29) is 5.95 Å². The maximum absolute atomic E-state index is 9.98. The van der Waals surface area contributed by atoms with Gasteiger partial charge in [-0.1, -0.05) is 5.16 Å². The zero-order valence-electron chi connectivity index (χ0n) is 4.40. The lowest BCUT2D eigenvalue weighted by molar-refractivity contribution is 0.190. The average molecular weight is 128 g/mol. The molecule has 0 aliphatic carbocycles. The second-order valence-electron chi connectivity index (χ2n) is 1.25. The highest BCUT2D eigenvalue weighted by Crippen LogP contribution is 2.05. The Morgan fingerprint density at radius 2 is 2.67 bits per heavy atom. The van der Waals surface area contributed by atoms with Crippen LogP contribution >= 0.6 is 0 Å². The van der Waals surface area contributed by atoms with E-state index in [4.69, 9.17) is 0 Å². The Bertz CT molecular complexity index is 194. The summed E-state index contributed by atoms with van der Waals surface area (Å²) in [6, 6.07) is 1.38. The van der Waals surface area contributed by atoms with E-state index in [2.05, 4.69) is 20.2 Å². The van der Waals surface area contributed by atoms with Gasteiger partial charge in [0.15, 0.2) is 0 Å². The van der Waals surface area contributed by atoms with Crippen molar-refractivity contribution < 1.29 is 14.1 Å². The second-order valence-corrected chi connectivity index (χ2v) is 1.25. The molecule has 1 heterocycles. The molecule has 0 saturated heterocycles. The predicted molar refractivity (Wildman–Crippen MR) is 26.7 cm³/mol. The Labute approximate surface area is 50.4 Å². The molecule has 5 heteroatoms. The normalized spacial score (nSPS) is 8.89. The number of aromatic nitrogens is 1. The van der Waals surface area contributed by atoms with Crippen LogP contribution in [0.3, 0.4) is 0 Å². The molecule has 48 valence electrons. The lowest BCUT2D eigenvalue weighted by Crippen LogP contribution is -2.15. The van der Waals surface area contributed by atoms with E-state index in [0.29, 0.717) is 0 Å². The molecule has 9 heavy (non-hydrogen) atoms. The maximum atomic E-state index is 9.98. The number of nitrogens with zero attached hydrogens (tertiary/aromatic N) is 1. The number of carbonyl (C=O) groups excluding carboxylic acids is 1. The van der Waals surface area contributed by atoms with Crippen molar-refractivity contribution in [2.45, 2.75) is 0 Å². The molecule has 1 amide bonds. The van der Waals surface area contributed by atoms with Gasteiger partial charge in [0.1, 0.15) is 0 Å². The molecule has 0 aliphatic rings. The summed E-state index contributed by atoms with van der Waals surface area (Å²) in [6.07, 6.45) is 0.435. The molecule has 5 nitrogen and oxygen atoms in total. The highest BCUT2D eigenvalue weighted by molar-refractivity contribution is 5.67. The van der Waals surface area contributed by atoms with E-state index in [1.807, 2.05) is 0 Å². The van der Waals surface area contributed by atoms with Crippen molar-refractivity contribution in [3.8, 4) is 5.95 Å². The fourth-order valence-electron chi connectivity index (χ4n) is 0.356. The van der Waals surface area contributed by atoms with Crippen LogP contribution in [0.1, 0.15) is 0 Å². The maximum Gasteiger partial charge on any atom is 0.412 e. The summed E-state index contributed by atoms with van der Waals surface area (Å²) in [4.78, 5) is 9.98. The molecule has 0 atom stereocenters. The smallest absolute Gasteiger partial charge is 0.374 e. The Morgan fingerprint density at radius 1 is 1.89 bits per heavy atom. The molecule has 0 aliphatic heterocycles. The molecule has 2 N–H and O–H groups in total. The van der Waals surface area contributed by atoms with Gasteiger partial charge < -0.3 is 15.0 Å². The van der Waals surface area contributed by atoms with Crippen LogP contribution in [0.25, 0.3) is 0 Å². The average Bonchev–Trinajstić information content (AvgIpc) is 2.15. The molecule has 1 aromatic heterocycles. The predicted octanol–water partition coefficient (Wildman–Crippen LogP) is 0.132. The van der Waals surface area contributed by atoms with Crippen molar-refractivity contribution >= 4 is 6.09 Å². The topological polar surface area (TPSA) is 78.4 Å². The minimum absolute atomic E-state index is 0.00231. The quantitative estimate of drug-likeness (QED) is 0.583. The third kappa shape index (κ3) is 1.45. The Morgan fingerprint density at radius 3 is 3.11 bits per heavy atom. The second kappa shape index (κ2) is 2.17. The summed E-state index contributed by atoms with van der Waals surface area (Å²) >= 11 is 0. The van der Waals surface area contributed by atoms with Gasteiger partial charge >= 0.3 is 12.0 Å². The monoisotopic (exact) mass is 128 g/mol. The summed E-state index contributed by atoms with van der Waals surface area (Å²) < 4.78 is 8.64. The highest BCUT2D eigenvalue weighted by Gasteiger charge is 1.99.